The van der Waals surface area contributed by atoms with Gasteiger partial charge in [-0.3, -0.25) is 4.68 Å². The molecule has 1 atom stereocenters. The van der Waals surface area contributed by atoms with E-state index in [-0.39, 0.29) is 24.1 Å². The topological polar surface area (TPSA) is 93.5 Å². The van der Waals surface area contributed by atoms with E-state index in [2.05, 4.69) is 9.82 Å². The molecule has 0 aliphatic carbocycles. The van der Waals surface area contributed by atoms with E-state index in [4.69, 9.17) is 9.84 Å². The van der Waals surface area contributed by atoms with Crippen molar-refractivity contribution in [1.29, 1.82) is 0 Å². The molecule has 1 aliphatic heterocycles. The summed E-state index contributed by atoms with van der Waals surface area (Å²) in [6, 6.07) is -0.186. The van der Waals surface area contributed by atoms with E-state index in [1.54, 1.807) is 13.8 Å². The number of nitrogens with one attached hydrogen (secondary N) is 1. The quantitative estimate of drug-likeness (QED) is 0.795. The molecule has 7 nitrogen and oxygen atoms in total. The maximum Gasteiger partial charge on any atom is 0.244 e. The third-order valence-electron chi connectivity index (χ3n) is 3.38. The van der Waals surface area contributed by atoms with E-state index < -0.39 is 10.0 Å². The van der Waals surface area contributed by atoms with Crippen LogP contribution in [0, 0.1) is 13.8 Å². The zero-order chi connectivity index (χ0) is 14.8. The van der Waals surface area contributed by atoms with E-state index in [9.17, 15) is 8.42 Å². The molecule has 1 aliphatic rings. The Kier molecular flexibility index (Phi) is 4.79. The van der Waals surface area contributed by atoms with Crippen molar-refractivity contribution in [3.05, 3.63) is 11.4 Å². The van der Waals surface area contributed by atoms with Gasteiger partial charge in [-0.1, -0.05) is 0 Å². The van der Waals surface area contributed by atoms with Gasteiger partial charge in [0.2, 0.25) is 10.0 Å². The Balaban J connectivity index is 2.24. The lowest BCUT2D eigenvalue weighted by Crippen LogP contribution is -2.40. The van der Waals surface area contributed by atoms with Gasteiger partial charge < -0.3 is 9.84 Å². The number of aliphatic hydroxyl groups is 1. The van der Waals surface area contributed by atoms with Crippen LogP contribution in [-0.2, 0) is 21.3 Å². The molecule has 1 unspecified atom stereocenters. The monoisotopic (exact) mass is 303 g/mol. The molecule has 0 spiro atoms. The molecular weight excluding hydrogens is 282 g/mol. The zero-order valence-electron chi connectivity index (χ0n) is 11.8. The standard InChI is InChI=1S/C12H21N3O4S/c1-9-12(10(2)15(13-9)5-6-16)20(17,18)14-11-4-3-7-19-8-11/h11,14,16H,3-8H2,1-2H3. The first-order chi connectivity index (χ1) is 9.45. The zero-order valence-corrected chi connectivity index (χ0v) is 12.6. The number of aryl methyl sites for hydroxylation is 1. The molecule has 2 N–H and O–H groups in total. The van der Waals surface area contributed by atoms with Crippen molar-refractivity contribution in [3.8, 4) is 0 Å². The first-order valence-electron chi connectivity index (χ1n) is 6.70. The molecule has 2 rings (SSSR count). The molecule has 1 aromatic rings. The van der Waals surface area contributed by atoms with Crippen molar-refractivity contribution in [2.24, 2.45) is 0 Å². The molecule has 20 heavy (non-hydrogen) atoms. The summed E-state index contributed by atoms with van der Waals surface area (Å²) in [5.74, 6) is 0. The Morgan fingerprint density at radius 1 is 1.50 bits per heavy atom. The Bertz CT molecular complexity index is 562. The lowest BCUT2D eigenvalue weighted by molar-refractivity contribution is 0.0774. The minimum atomic E-state index is -3.61. The van der Waals surface area contributed by atoms with Gasteiger partial charge >= 0.3 is 0 Å². The summed E-state index contributed by atoms with van der Waals surface area (Å²) >= 11 is 0. The van der Waals surface area contributed by atoms with Crippen molar-refractivity contribution in [2.75, 3.05) is 19.8 Å². The van der Waals surface area contributed by atoms with Crippen LogP contribution in [0.25, 0.3) is 0 Å². The first kappa shape index (κ1) is 15.4. The highest BCUT2D eigenvalue weighted by atomic mass is 32.2. The number of nitrogens with zero attached hydrogens (tertiary/aromatic N) is 2. The summed E-state index contributed by atoms with van der Waals surface area (Å²) in [6.07, 6.45) is 1.64. The fourth-order valence-electron chi connectivity index (χ4n) is 2.49. The Morgan fingerprint density at radius 3 is 2.85 bits per heavy atom. The smallest absolute Gasteiger partial charge is 0.244 e. The molecular formula is C12H21N3O4S. The number of rotatable bonds is 5. The van der Waals surface area contributed by atoms with Gasteiger partial charge in [0.05, 0.1) is 31.1 Å². The van der Waals surface area contributed by atoms with Gasteiger partial charge in [-0.25, -0.2) is 13.1 Å². The Labute approximate surface area is 119 Å². The summed E-state index contributed by atoms with van der Waals surface area (Å²) in [6.45, 7) is 4.65. The molecule has 2 heterocycles. The highest BCUT2D eigenvalue weighted by Gasteiger charge is 2.28. The fourth-order valence-corrected chi connectivity index (χ4v) is 4.16. The van der Waals surface area contributed by atoms with Crippen LogP contribution in [0.4, 0.5) is 0 Å². The number of hydrogen-bond donors (Lipinski definition) is 2. The molecule has 0 amide bonds. The van der Waals surface area contributed by atoms with Crippen LogP contribution < -0.4 is 4.72 Å². The minimum Gasteiger partial charge on any atom is -0.394 e. The molecule has 8 heteroatoms. The second kappa shape index (κ2) is 6.21. The van der Waals surface area contributed by atoms with Crippen molar-refractivity contribution in [1.82, 2.24) is 14.5 Å². The van der Waals surface area contributed by atoms with Crippen molar-refractivity contribution in [3.63, 3.8) is 0 Å². The van der Waals surface area contributed by atoms with E-state index in [1.165, 1.54) is 4.68 Å². The summed E-state index contributed by atoms with van der Waals surface area (Å²) in [5, 5.41) is 13.1. The van der Waals surface area contributed by atoms with Crippen molar-refractivity contribution >= 4 is 10.0 Å². The first-order valence-corrected chi connectivity index (χ1v) is 8.19. The molecule has 1 fully saturated rings. The van der Waals surface area contributed by atoms with Crippen LogP contribution in [0.1, 0.15) is 24.2 Å². The summed E-state index contributed by atoms with van der Waals surface area (Å²) < 4.78 is 34.4. The maximum absolute atomic E-state index is 12.5. The summed E-state index contributed by atoms with van der Waals surface area (Å²) in [4.78, 5) is 0.205. The van der Waals surface area contributed by atoms with Crippen LogP contribution in [0.15, 0.2) is 4.90 Å². The number of aromatic nitrogens is 2. The predicted octanol–water partition coefficient (Wildman–Crippen LogP) is -0.0505. The van der Waals surface area contributed by atoms with Gasteiger partial charge in [0, 0.05) is 12.6 Å². The van der Waals surface area contributed by atoms with Crippen molar-refractivity contribution in [2.45, 2.75) is 44.2 Å². The Morgan fingerprint density at radius 2 is 2.25 bits per heavy atom. The number of ether oxygens (including phenoxy) is 1. The maximum atomic E-state index is 12.5. The molecule has 1 aromatic heterocycles. The average Bonchev–Trinajstić information content (AvgIpc) is 2.66. The lowest BCUT2D eigenvalue weighted by atomic mass is 10.1. The second-order valence-corrected chi connectivity index (χ2v) is 6.63. The molecule has 0 radical (unpaired) electrons. The van der Waals surface area contributed by atoms with Gasteiger partial charge in [0.1, 0.15) is 4.90 Å². The summed E-state index contributed by atoms with van der Waals surface area (Å²) in [7, 11) is -3.61. The van der Waals surface area contributed by atoms with E-state index in [0.29, 0.717) is 24.6 Å². The highest BCUT2D eigenvalue weighted by molar-refractivity contribution is 7.89. The molecule has 1 saturated heterocycles. The van der Waals surface area contributed by atoms with Gasteiger partial charge in [-0.15, -0.1) is 0 Å². The summed E-state index contributed by atoms with van der Waals surface area (Å²) in [5.41, 5.74) is 0.987. The normalized spacial score (nSPS) is 20.2. The predicted molar refractivity (Wildman–Crippen MR) is 72.9 cm³/mol. The largest absolute Gasteiger partial charge is 0.394 e. The third-order valence-corrected chi connectivity index (χ3v) is 5.15. The number of aliphatic hydroxyl groups excluding tert-OH is 1. The van der Waals surface area contributed by atoms with Gasteiger partial charge in [-0.05, 0) is 26.7 Å². The van der Waals surface area contributed by atoms with Crippen LogP contribution in [0.5, 0.6) is 0 Å². The van der Waals surface area contributed by atoms with E-state index >= 15 is 0 Å². The fraction of sp³-hybridized carbons (Fsp3) is 0.750. The van der Waals surface area contributed by atoms with Crippen LogP contribution >= 0.6 is 0 Å². The molecule has 114 valence electrons. The van der Waals surface area contributed by atoms with Crippen LogP contribution in [-0.4, -0.2) is 49.2 Å². The third kappa shape index (κ3) is 3.20. The molecule has 0 aromatic carbocycles. The molecule has 0 bridgehead atoms. The molecule has 0 saturated carbocycles. The van der Waals surface area contributed by atoms with E-state index in [0.717, 1.165) is 12.8 Å². The van der Waals surface area contributed by atoms with E-state index in [1.807, 2.05) is 0 Å². The number of hydrogen-bond acceptors (Lipinski definition) is 5. The van der Waals surface area contributed by atoms with Crippen molar-refractivity contribution < 1.29 is 18.3 Å². The van der Waals surface area contributed by atoms with Gasteiger partial charge in [-0.2, -0.15) is 5.10 Å². The second-order valence-electron chi connectivity index (χ2n) is 4.98. The SMILES string of the molecule is Cc1nn(CCO)c(C)c1S(=O)(=O)NC1CCCOC1. The van der Waals surface area contributed by atoms with Crippen LogP contribution in [0.2, 0.25) is 0 Å². The highest BCUT2D eigenvalue weighted by Crippen LogP contribution is 2.20. The van der Waals surface area contributed by atoms with Gasteiger partial charge in [0.15, 0.2) is 0 Å². The Hall–Kier alpha value is -0.960. The number of sulfonamides is 1. The lowest BCUT2D eigenvalue weighted by Gasteiger charge is -2.23. The average molecular weight is 303 g/mol. The minimum absolute atomic E-state index is 0.0780. The van der Waals surface area contributed by atoms with Gasteiger partial charge in [0.25, 0.3) is 0 Å². The van der Waals surface area contributed by atoms with Crippen LogP contribution in [0.3, 0.4) is 0 Å².